The van der Waals surface area contributed by atoms with Crippen LogP contribution in [0.15, 0.2) is 12.4 Å². The summed E-state index contributed by atoms with van der Waals surface area (Å²) in [4.78, 5) is 6.61. The maximum atomic E-state index is 4.24. The molecular formula is C11H15BrN6. The van der Waals surface area contributed by atoms with Gasteiger partial charge in [-0.25, -0.2) is 0 Å². The summed E-state index contributed by atoms with van der Waals surface area (Å²) in [6.45, 7) is 0.950. The monoisotopic (exact) mass is 310 g/mol. The Balaban J connectivity index is 2.00. The van der Waals surface area contributed by atoms with Crippen LogP contribution in [0.5, 0.6) is 0 Å². The second kappa shape index (κ2) is 5.17. The molecule has 1 saturated carbocycles. The number of hydrogen-bond donors (Lipinski definition) is 0. The van der Waals surface area contributed by atoms with Gasteiger partial charge in [0.15, 0.2) is 11.5 Å². The molecule has 2 aromatic heterocycles. The standard InChI is InChI=1S/C11H15BrN6/c12-5-6-17(9-3-1-2-4-9)11-8-13-7-10-14-15-16-18(10)11/h7-9H,1-6H2. The van der Waals surface area contributed by atoms with Crippen LogP contribution < -0.4 is 4.90 Å². The van der Waals surface area contributed by atoms with Crippen molar-refractivity contribution in [1.82, 2.24) is 25.0 Å². The van der Waals surface area contributed by atoms with Gasteiger partial charge in [0.2, 0.25) is 0 Å². The van der Waals surface area contributed by atoms with Crippen LogP contribution >= 0.6 is 15.9 Å². The van der Waals surface area contributed by atoms with Gasteiger partial charge in [0.05, 0.1) is 12.4 Å². The highest BCUT2D eigenvalue weighted by Gasteiger charge is 2.24. The normalized spacial score (nSPS) is 16.5. The van der Waals surface area contributed by atoms with Crippen LogP contribution in [0, 0.1) is 0 Å². The number of fused-ring (bicyclic) bond motifs is 1. The summed E-state index contributed by atoms with van der Waals surface area (Å²) in [5, 5.41) is 12.6. The van der Waals surface area contributed by atoms with E-state index in [1.54, 1.807) is 10.7 Å². The quantitative estimate of drug-likeness (QED) is 0.804. The minimum atomic E-state index is 0.583. The largest absolute Gasteiger partial charge is 0.351 e. The molecule has 0 aliphatic heterocycles. The Bertz CT molecular complexity index is 521. The van der Waals surface area contributed by atoms with Gasteiger partial charge in [-0.15, -0.1) is 5.10 Å². The smallest absolute Gasteiger partial charge is 0.199 e. The minimum absolute atomic E-state index is 0.583. The van der Waals surface area contributed by atoms with E-state index in [4.69, 9.17) is 0 Å². The molecule has 0 N–H and O–H groups in total. The molecule has 2 aromatic rings. The van der Waals surface area contributed by atoms with Crippen LogP contribution in [0.3, 0.4) is 0 Å². The van der Waals surface area contributed by atoms with Gasteiger partial charge in [0.25, 0.3) is 0 Å². The van der Waals surface area contributed by atoms with Gasteiger partial charge in [0.1, 0.15) is 0 Å². The Morgan fingerprint density at radius 2 is 2.17 bits per heavy atom. The van der Waals surface area contributed by atoms with Crippen LogP contribution in [0.1, 0.15) is 25.7 Å². The molecule has 0 bridgehead atoms. The molecule has 1 aliphatic carbocycles. The number of tetrazole rings is 1. The lowest BCUT2D eigenvalue weighted by Gasteiger charge is -2.29. The van der Waals surface area contributed by atoms with E-state index in [0.29, 0.717) is 11.7 Å². The highest BCUT2D eigenvalue weighted by Crippen LogP contribution is 2.27. The average molecular weight is 311 g/mol. The Morgan fingerprint density at radius 1 is 1.33 bits per heavy atom. The molecule has 0 amide bonds. The fourth-order valence-corrected chi connectivity index (χ4v) is 3.03. The van der Waals surface area contributed by atoms with Crippen LogP contribution in [-0.2, 0) is 0 Å². The van der Waals surface area contributed by atoms with Gasteiger partial charge in [-0.1, -0.05) is 28.8 Å². The zero-order valence-corrected chi connectivity index (χ0v) is 11.6. The summed E-state index contributed by atoms with van der Waals surface area (Å²) in [7, 11) is 0. The topological polar surface area (TPSA) is 59.2 Å². The first kappa shape index (κ1) is 11.8. The molecular weight excluding hydrogens is 296 g/mol. The Labute approximate surface area is 114 Å². The first-order chi connectivity index (χ1) is 8.90. The SMILES string of the molecule is BrCCN(c1cncc2nnnn12)C1CCCC1. The molecule has 0 atom stereocenters. The van der Waals surface area contributed by atoms with Crippen LogP contribution in [0.25, 0.3) is 5.65 Å². The highest BCUT2D eigenvalue weighted by molar-refractivity contribution is 9.09. The van der Waals surface area contributed by atoms with Crippen molar-refractivity contribution in [2.45, 2.75) is 31.7 Å². The lowest BCUT2D eigenvalue weighted by Crippen LogP contribution is -2.36. The predicted molar refractivity (Wildman–Crippen MR) is 72.0 cm³/mol. The van der Waals surface area contributed by atoms with Gasteiger partial charge >= 0.3 is 0 Å². The third-order valence-electron chi connectivity index (χ3n) is 3.48. The van der Waals surface area contributed by atoms with Crippen molar-refractivity contribution in [3.63, 3.8) is 0 Å². The maximum Gasteiger partial charge on any atom is 0.199 e. The number of rotatable bonds is 4. The first-order valence-electron chi connectivity index (χ1n) is 6.25. The molecule has 0 saturated heterocycles. The number of alkyl halides is 1. The number of nitrogens with zero attached hydrogens (tertiary/aromatic N) is 6. The van der Waals surface area contributed by atoms with Gasteiger partial charge < -0.3 is 4.90 Å². The molecule has 7 heteroatoms. The number of anilines is 1. The summed E-state index contributed by atoms with van der Waals surface area (Å²) in [5.41, 5.74) is 0.699. The molecule has 18 heavy (non-hydrogen) atoms. The molecule has 3 rings (SSSR count). The van der Waals surface area contributed by atoms with Crippen molar-refractivity contribution >= 4 is 27.4 Å². The fraction of sp³-hybridized carbons (Fsp3) is 0.636. The third-order valence-corrected chi connectivity index (χ3v) is 3.83. The van der Waals surface area contributed by atoms with Crippen molar-refractivity contribution < 1.29 is 0 Å². The summed E-state index contributed by atoms with van der Waals surface area (Å²) >= 11 is 3.53. The van der Waals surface area contributed by atoms with E-state index < -0.39 is 0 Å². The van der Waals surface area contributed by atoms with E-state index >= 15 is 0 Å². The first-order valence-corrected chi connectivity index (χ1v) is 7.37. The molecule has 0 spiro atoms. The van der Waals surface area contributed by atoms with E-state index in [1.165, 1.54) is 25.7 Å². The van der Waals surface area contributed by atoms with E-state index in [9.17, 15) is 0 Å². The maximum absolute atomic E-state index is 4.24. The molecule has 1 fully saturated rings. The second-order valence-electron chi connectivity index (χ2n) is 4.54. The molecule has 0 aromatic carbocycles. The van der Waals surface area contributed by atoms with Crippen molar-refractivity contribution in [3.05, 3.63) is 12.4 Å². The number of halogens is 1. The zero-order chi connectivity index (χ0) is 12.4. The number of hydrogen-bond acceptors (Lipinski definition) is 5. The van der Waals surface area contributed by atoms with Crippen molar-refractivity contribution in [1.29, 1.82) is 0 Å². The molecule has 0 unspecified atom stereocenters. The second-order valence-corrected chi connectivity index (χ2v) is 5.33. The lowest BCUT2D eigenvalue weighted by molar-refractivity contribution is 0.604. The van der Waals surface area contributed by atoms with Gasteiger partial charge in [-0.3, -0.25) is 4.98 Å². The van der Waals surface area contributed by atoms with E-state index in [-0.39, 0.29) is 0 Å². The van der Waals surface area contributed by atoms with Crippen LogP contribution in [0.4, 0.5) is 5.82 Å². The van der Waals surface area contributed by atoms with Crippen molar-refractivity contribution in [2.75, 3.05) is 16.8 Å². The summed E-state index contributed by atoms with van der Waals surface area (Å²) < 4.78 is 1.77. The molecule has 96 valence electrons. The van der Waals surface area contributed by atoms with E-state index in [2.05, 4.69) is 41.3 Å². The molecule has 2 heterocycles. The van der Waals surface area contributed by atoms with Crippen LogP contribution in [0.2, 0.25) is 0 Å². The van der Waals surface area contributed by atoms with E-state index in [1.807, 2.05) is 6.20 Å². The Kier molecular flexibility index (Phi) is 3.40. The predicted octanol–water partition coefficient (Wildman–Crippen LogP) is 1.66. The Morgan fingerprint density at radius 3 is 2.94 bits per heavy atom. The lowest BCUT2D eigenvalue weighted by atomic mass is 10.2. The van der Waals surface area contributed by atoms with Gasteiger partial charge in [0, 0.05) is 17.9 Å². The van der Waals surface area contributed by atoms with Crippen LogP contribution in [-0.4, -0.2) is 42.9 Å². The minimum Gasteiger partial charge on any atom is -0.351 e. The van der Waals surface area contributed by atoms with Gasteiger partial charge in [-0.2, -0.15) is 4.52 Å². The molecule has 0 radical (unpaired) electrons. The zero-order valence-electron chi connectivity index (χ0n) is 10.0. The van der Waals surface area contributed by atoms with Crippen molar-refractivity contribution in [3.8, 4) is 0 Å². The summed E-state index contributed by atoms with van der Waals surface area (Å²) in [6.07, 6.45) is 8.64. The summed E-state index contributed by atoms with van der Waals surface area (Å²) in [6, 6.07) is 0.583. The summed E-state index contributed by atoms with van der Waals surface area (Å²) in [5.74, 6) is 0.990. The third kappa shape index (κ3) is 2.07. The van der Waals surface area contributed by atoms with Gasteiger partial charge in [-0.05, 0) is 23.3 Å². The average Bonchev–Trinajstić information content (AvgIpc) is 3.06. The molecule has 1 aliphatic rings. The highest BCUT2D eigenvalue weighted by atomic mass is 79.9. The van der Waals surface area contributed by atoms with Crippen molar-refractivity contribution in [2.24, 2.45) is 0 Å². The molecule has 6 nitrogen and oxygen atoms in total. The Hall–Kier alpha value is -1.24. The fourth-order valence-electron chi connectivity index (χ4n) is 2.65. The number of aromatic nitrogens is 5. The van der Waals surface area contributed by atoms with E-state index in [0.717, 1.165) is 17.7 Å².